The van der Waals surface area contributed by atoms with Crippen molar-refractivity contribution in [3.05, 3.63) is 24.3 Å². The molecule has 1 aromatic rings. The average molecular weight is 270 g/mol. The van der Waals surface area contributed by atoms with E-state index in [1.165, 1.54) is 16.4 Å². The van der Waals surface area contributed by atoms with Gasteiger partial charge in [-0.1, -0.05) is 0 Å². The van der Waals surface area contributed by atoms with Crippen LogP contribution in [0.5, 0.6) is 0 Å². The summed E-state index contributed by atoms with van der Waals surface area (Å²) in [7, 11) is -3.46. The van der Waals surface area contributed by atoms with Crippen molar-refractivity contribution in [2.75, 3.05) is 25.4 Å². The van der Waals surface area contributed by atoms with Crippen molar-refractivity contribution in [3.8, 4) is 0 Å². The van der Waals surface area contributed by atoms with Gasteiger partial charge in [-0.2, -0.15) is 4.31 Å². The van der Waals surface area contributed by atoms with Gasteiger partial charge in [0.25, 0.3) is 0 Å². The van der Waals surface area contributed by atoms with Gasteiger partial charge in [-0.25, -0.2) is 8.42 Å². The van der Waals surface area contributed by atoms with Crippen LogP contribution in [-0.4, -0.2) is 37.5 Å². The number of nitrogens with two attached hydrogens (primary N) is 1. The lowest BCUT2D eigenvalue weighted by molar-refractivity contribution is 0.165. The van der Waals surface area contributed by atoms with Crippen LogP contribution in [0.25, 0.3) is 0 Å². The van der Waals surface area contributed by atoms with E-state index in [4.69, 9.17) is 10.8 Å². The van der Waals surface area contributed by atoms with Gasteiger partial charge in [0.2, 0.25) is 10.0 Å². The van der Waals surface area contributed by atoms with Crippen molar-refractivity contribution in [2.45, 2.75) is 17.7 Å². The fourth-order valence-electron chi connectivity index (χ4n) is 2.18. The molecule has 1 aliphatic rings. The monoisotopic (exact) mass is 270 g/mol. The van der Waals surface area contributed by atoms with Gasteiger partial charge >= 0.3 is 0 Å². The number of sulfonamides is 1. The van der Waals surface area contributed by atoms with E-state index >= 15 is 0 Å². The normalized spacial score (nSPS) is 21.9. The molecule has 1 atom stereocenters. The molecule has 1 saturated heterocycles. The van der Waals surface area contributed by atoms with Crippen molar-refractivity contribution < 1.29 is 13.5 Å². The number of rotatable bonds is 3. The van der Waals surface area contributed by atoms with E-state index in [1.54, 1.807) is 12.1 Å². The van der Waals surface area contributed by atoms with E-state index in [0.29, 0.717) is 18.8 Å². The van der Waals surface area contributed by atoms with Gasteiger partial charge in [0.1, 0.15) is 0 Å². The first-order valence-electron chi connectivity index (χ1n) is 6.00. The molecule has 0 bridgehead atoms. The van der Waals surface area contributed by atoms with Crippen LogP contribution in [0, 0.1) is 5.92 Å². The summed E-state index contributed by atoms with van der Waals surface area (Å²) >= 11 is 0. The van der Waals surface area contributed by atoms with Gasteiger partial charge in [0, 0.05) is 25.4 Å². The zero-order chi connectivity index (χ0) is 13.2. The predicted octanol–water partition coefficient (Wildman–Crippen LogP) is 0.662. The molecule has 0 radical (unpaired) electrons. The van der Waals surface area contributed by atoms with Crippen molar-refractivity contribution in [2.24, 2.45) is 5.92 Å². The molecule has 0 aliphatic carbocycles. The average Bonchev–Trinajstić information content (AvgIpc) is 2.39. The highest BCUT2D eigenvalue weighted by Crippen LogP contribution is 2.23. The van der Waals surface area contributed by atoms with E-state index in [9.17, 15) is 8.42 Å². The second-order valence-corrected chi connectivity index (χ2v) is 6.56. The standard InChI is InChI=1S/C12H18N2O3S/c13-11-3-5-12(6-4-11)18(16,17)14-7-1-2-10(8-14)9-15/h3-6,10,15H,1-2,7-9,13H2. The Morgan fingerprint density at radius 2 is 2.00 bits per heavy atom. The maximum absolute atomic E-state index is 12.4. The SMILES string of the molecule is Nc1ccc(S(=O)(=O)N2CCCC(CO)C2)cc1. The number of piperidine rings is 1. The Morgan fingerprint density at radius 3 is 2.61 bits per heavy atom. The summed E-state index contributed by atoms with van der Waals surface area (Å²) in [5.41, 5.74) is 6.09. The summed E-state index contributed by atoms with van der Waals surface area (Å²) in [4.78, 5) is 0.260. The fourth-order valence-corrected chi connectivity index (χ4v) is 3.74. The molecule has 2 rings (SSSR count). The number of aliphatic hydroxyl groups excluding tert-OH is 1. The Labute approximate surface area is 107 Å². The lowest BCUT2D eigenvalue weighted by Gasteiger charge is -2.30. The first-order valence-corrected chi connectivity index (χ1v) is 7.44. The Hall–Kier alpha value is -1.11. The number of nitrogens with zero attached hydrogens (tertiary/aromatic N) is 1. The summed E-state index contributed by atoms with van der Waals surface area (Å²) in [6.07, 6.45) is 1.67. The van der Waals surface area contributed by atoms with Gasteiger partial charge in [-0.15, -0.1) is 0 Å². The third-order valence-corrected chi connectivity index (χ3v) is 5.14. The Balaban J connectivity index is 2.22. The fraction of sp³-hybridized carbons (Fsp3) is 0.500. The van der Waals surface area contributed by atoms with Crippen molar-refractivity contribution >= 4 is 15.7 Å². The summed E-state index contributed by atoms with van der Waals surface area (Å²) in [5.74, 6) is 0.0438. The Morgan fingerprint density at radius 1 is 1.33 bits per heavy atom. The molecule has 6 heteroatoms. The zero-order valence-electron chi connectivity index (χ0n) is 10.1. The van der Waals surface area contributed by atoms with Gasteiger partial charge < -0.3 is 10.8 Å². The van der Waals surface area contributed by atoms with E-state index in [1.807, 2.05) is 0 Å². The van der Waals surface area contributed by atoms with E-state index in [0.717, 1.165) is 12.8 Å². The van der Waals surface area contributed by atoms with Crippen LogP contribution in [0.1, 0.15) is 12.8 Å². The van der Waals surface area contributed by atoms with Crippen molar-refractivity contribution in [1.82, 2.24) is 4.31 Å². The quantitative estimate of drug-likeness (QED) is 0.790. The van der Waals surface area contributed by atoms with Gasteiger partial charge in [-0.05, 0) is 43.0 Å². The minimum absolute atomic E-state index is 0.0355. The largest absolute Gasteiger partial charge is 0.399 e. The number of hydrogen-bond donors (Lipinski definition) is 2. The molecular weight excluding hydrogens is 252 g/mol. The number of anilines is 1. The highest BCUT2D eigenvalue weighted by atomic mass is 32.2. The van der Waals surface area contributed by atoms with Gasteiger partial charge in [-0.3, -0.25) is 0 Å². The first kappa shape index (κ1) is 13.3. The molecular formula is C12H18N2O3S. The highest BCUT2D eigenvalue weighted by molar-refractivity contribution is 7.89. The highest BCUT2D eigenvalue weighted by Gasteiger charge is 2.29. The summed E-state index contributed by atoms with van der Waals surface area (Å²) < 4.78 is 26.2. The van der Waals surface area contributed by atoms with Crippen LogP contribution in [0.3, 0.4) is 0 Å². The lowest BCUT2D eigenvalue weighted by atomic mass is 10.0. The van der Waals surface area contributed by atoms with E-state index in [-0.39, 0.29) is 17.4 Å². The van der Waals surface area contributed by atoms with Crippen LogP contribution in [0.2, 0.25) is 0 Å². The Kier molecular flexibility index (Phi) is 3.89. The minimum Gasteiger partial charge on any atom is -0.399 e. The van der Waals surface area contributed by atoms with Crippen LogP contribution >= 0.6 is 0 Å². The third-order valence-electron chi connectivity index (χ3n) is 3.26. The van der Waals surface area contributed by atoms with Gasteiger partial charge in [0.15, 0.2) is 0 Å². The van der Waals surface area contributed by atoms with Gasteiger partial charge in [0.05, 0.1) is 4.90 Å². The number of nitrogen functional groups attached to an aromatic ring is 1. The Bertz CT molecular complexity index is 499. The van der Waals surface area contributed by atoms with Crippen LogP contribution < -0.4 is 5.73 Å². The van der Waals surface area contributed by atoms with E-state index < -0.39 is 10.0 Å². The maximum atomic E-state index is 12.4. The second-order valence-electron chi connectivity index (χ2n) is 4.62. The molecule has 1 unspecified atom stereocenters. The molecule has 1 aromatic carbocycles. The summed E-state index contributed by atoms with van der Waals surface area (Å²) in [5, 5.41) is 9.14. The molecule has 100 valence electrons. The zero-order valence-corrected chi connectivity index (χ0v) is 10.9. The smallest absolute Gasteiger partial charge is 0.243 e. The van der Waals surface area contributed by atoms with Crippen LogP contribution in [-0.2, 0) is 10.0 Å². The second kappa shape index (κ2) is 5.26. The molecule has 0 saturated carbocycles. The van der Waals surface area contributed by atoms with Crippen molar-refractivity contribution in [1.29, 1.82) is 0 Å². The molecule has 0 amide bonds. The van der Waals surface area contributed by atoms with Crippen LogP contribution in [0.4, 0.5) is 5.69 Å². The molecule has 1 aliphatic heterocycles. The third kappa shape index (κ3) is 2.66. The minimum atomic E-state index is -3.46. The maximum Gasteiger partial charge on any atom is 0.243 e. The van der Waals surface area contributed by atoms with Crippen molar-refractivity contribution in [3.63, 3.8) is 0 Å². The molecule has 1 heterocycles. The predicted molar refractivity (Wildman–Crippen MR) is 69.4 cm³/mol. The molecule has 0 spiro atoms. The summed E-state index contributed by atoms with van der Waals surface area (Å²) in [6, 6.07) is 6.21. The molecule has 1 fully saturated rings. The van der Waals surface area contributed by atoms with Crippen LogP contribution in [0.15, 0.2) is 29.2 Å². The lowest BCUT2D eigenvalue weighted by Crippen LogP contribution is -2.40. The molecule has 3 N–H and O–H groups in total. The van der Waals surface area contributed by atoms with E-state index in [2.05, 4.69) is 0 Å². The number of aliphatic hydroxyl groups is 1. The first-order chi connectivity index (χ1) is 8.54. The molecule has 0 aromatic heterocycles. The molecule has 5 nitrogen and oxygen atoms in total. The topological polar surface area (TPSA) is 83.6 Å². The summed E-state index contributed by atoms with van der Waals surface area (Å²) in [6.45, 7) is 0.945. The number of benzene rings is 1. The number of hydrogen-bond acceptors (Lipinski definition) is 4. The molecule has 18 heavy (non-hydrogen) atoms.